The first-order chi connectivity index (χ1) is 15.3. The van der Waals surface area contributed by atoms with Gasteiger partial charge in [0.2, 0.25) is 0 Å². The summed E-state index contributed by atoms with van der Waals surface area (Å²) in [4.78, 5) is 29.8. The highest BCUT2D eigenvalue weighted by Crippen LogP contribution is 2.23. The molecule has 0 aliphatic rings. The zero-order chi connectivity index (χ0) is 22.8. The summed E-state index contributed by atoms with van der Waals surface area (Å²) in [7, 11) is -0.424. The fourth-order valence-electron chi connectivity index (χ4n) is 3.39. The smallest absolute Gasteiger partial charge is 0.349 e. The molecule has 0 saturated heterocycles. The number of aromatic nitrogens is 3. The number of rotatable bonds is 4. The van der Waals surface area contributed by atoms with Crippen molar-refractivity contribution in [3.8, 4) is 17.0 Å². The summed E-state index contributed by atoms with van der Waals surface area (Å²) in [6, 6.07) is 15.1. The van der Waals surface area contributed by atoms with Crippen molar-refractivity contribution in [2.24, 2.45) is 4.36 Å². The van der Waals surface area contributed by atoms with E-state index in [9.17, 15) is 14.7 Å². The molecule has 0 fully saturated rings. The quantitative estimate of drug-likeness (QED) is 0.341. The van der Waals surface area contributed by atoms with Crippen LogP contribution < -0.4 is 15.2 Å². The Morgan fingerprint density at radius 2 is 2.00 bits per heavy atom. The lowest BCUT2D eigenvalue weighted by Gasteiger charge is -2.17. The van der Waals surface area contributed by atoms with Crippen molar-refractivity contribution in [2.75, 3.05) is 12.5 Å². The zero-order valence-corrected chi connectivity index (χ0v) is 18.9. The number of hydrogen-bond acceptors (Lipinski definition) is 4. The minimum Gasteiger partial charge on any atom is -0.842 e. The van der Waals surface area contributed by atoms with Gasteiger partial charge in [-0.1, -0.05) is 46.6 Å². The number of carbonyl (C=O) groups is 1. The lowest BCUT2D eigenvalue weighted by Crippen LogP contribution is -2.44. The van der Waals surface area contributed by atoms with Gasteiger partial charge in [0, 0.05) is 23.4 Å². The third-order valence-corrected chi connectivity index (χ3v) is 5.55. The van der Waals surface area contributed by atoms with Crippen molar-refractivity contribution in [1.29, 1.82) is 0 Å². The van der Waals surface area contributed by atoms with E-state index < -0.39 is 22.1 Å². The predicted octanol–water partition coefficient (Wildman–Crippen LogP) is 2.63. The lowest BCUT2D eigenvalue weighted by molar-refractivity contribution is -0.708. The van der Waals surface area contributed by atoms with Crippen molar-refractivity contribution < 1.29 is 14.5 Å². The van der Waals surface area contributed by atoms with Crippen molar-refractivity contribution in [1.82, 2.24) is 9.38 Å². The highest BCUT2D eigenvalue weighted by Gasteiger charge is 2.21. The molecule has 0 bridgehead atoms. The van der Waals surface area contributed by atoms with Gasteiger partial charge in [0.15, 0.2) is 0 Å². The van der Waals surface area contributed by atoms with Gasteiger partial charge in [0.05, 0.1) is 12.1 Å². The Morgan fingerprint density at radius 1 is 1.19 bits per heavy atom. The van der Waals surface area contributed by atoms with Crippen LogP contribution >= 0.6 is 11.6 Å². The normalized spacial score (nSPS) is 11.1. The largest absolute Gasteiger partial charge is 0.842 e. The summed E-state index contributed by atoms with van der Waals surface area (Å²) in [5, 5.41) is 13.9. The van der Waals surface area contributed by atoms with Crippen LogP contribution in [0.1, 0.15) is 15.9 Å². The fraction of sp³-hybridized carbons (Fsp3) is 0.130. The summed E-state index contributed by atoms with van der Waals surface area (Å²) in [6.45, 7) is 0.201. The Kier molecular flexibility index (Phi) is 6.16. The van der Waals surface area contributed by atoms with Gasteiger partial charge >= 0.3 is 5.56 Å². The summed E-state index contributed by atoms with van der Waals surface area (Å²) >= 11 is 5.88. The van der Waals surface area contributed by atoms with Crippen molar-refractivity contribution in [3.05, 3.63) is 93.6 Å². The maximum atomic E-state index is 13.5. The Labute approximate surface area is 191 Å². The van der Waals surface area contributed by atoms with Crippen LogP contribution in [0.2, 0.25) is 5.15 Å². The lowest BCUT2D eigenvalue weighted by atomic mass is 10.0. The first-order valence-corrected chi connectivity index (χ1v) is 12.0. The zero-order valence-electron chi connectivity index (χ0n) is 17.4. The van der Waals surface area contributed by atoms with Gasteiger partial charge in [0.1, 0.15) is 17.3 Å². The highest BCUT2D eigenvalue weighted by molar-refractivity contribution is 7.86. The van der Waals surface area contributed by atoms with Crippen LogP contribution in [0.25, 0.3) is 16.8 Å². The number of benzene rings is 1. The number of amides is 1. The van der Waals surface area contributed by atoms with Crippen molar-refractivity contribution in [3.63, 3.8) is 0 Å². The van der Waals surface area contributed by atoms with Crippen molar-refractivity contribution in [2.45, 2.75) is 6.54 Å². The number of hydrogen-bond donors (Lipinski definition) is 0. The van der Waals surface area contributed by atoms with Gasteiger partial charge in [-0.05, 0) is 42.3 Å². The molecule has 1 aromatic carbocycles. The van der Waals surface area contributed by atoms with Gasteiger partial charge in [-0.2, -0.15) is 8.76 Å². The molecule has 0 radical (unpaired) electrons. The third kappa shape index (κ3) is 4.32. The van der Waals surface area contributed by atoms with Crippen molar-refractivity contribution >= 4 is 33.8 Å². The third-order valence-electron chi connectivity index (χ3n) is 4.80. The summed E-state index contributed by atoms with van der Waals surface area (Å²) in [6.07, 6.45) is 6.87. The molecule has 0 N–H and O–H groups in total. The van der Waals surface area contributed by atoms with Gasteiger partial charge in [-0.15, -0.1) is 0 Å². The average molecular weight is 467 g/mol. The monoisotopic (exact) mass is 466 g/mol. The average Bonchev–Trinajstić information content (AvgIpc) is 2.78. The molecule has 0 spiro atoms. The first kappa shape index (κ1) is 21.9. The first-order valence-electron chi connectivity index (χ1n) is 9.64. The SMILES string of the molecule is CS(C)=NC(=O)c1cccc(-c2c([O-])[n+](Cc3ccc(Cl)nc3)c3ccccn3c2=O)c1. The number of fused-ring (bicyclic) bond motifs is 1. The number of carbonyl (C=O) groups excluding carboxylic acids is 1. The topological polar surface area (TPSA) is 90.7 Å². The van der Waals surface area contributed by atoms with E-state index in [0.29, 0.717) is 21.9 Å². The minimum absolute atomic E-state index is 0.0164. The van der Waals surface area contributed by atoms with Crippen LogP contribution in [0.4, 0.5) is 0 Å². The molecule has 9 heteroatoms. The molecule has 0 unspecified atom stereocenters. The Morgan fingerprint density at radius 3 is 2.72 bits per heavy atom. The molecule has 32 heavy (non-hydrogen) atoms. The summed E-state index contributed by atoms with van der Waals surface area (Å²) in [5.41, 5.74) is 1.43. The predicted molar refractivity (Wildman–Crippen MR) is 123 cm³/mol. The molecular formula is C23H19ClN4O3S. The Hall–Kier alpha value is -3.36. The molecule has 3 heterocycles. The molecule has 4 aromatic rings. The van der Waals surface area contributed by atoms with Crippen LogP contribution in [0.15, 0.2) is 76.1 Å². The molecule has 1 amide bonds. The maximum Gasteiger partial charge on any atom is 0.349 e. The van der Waals surface area contributed by atoms with Gasteiger partial charge in [-0.3, -0.25) is 4.79 Å². The molecule has 4 rings (SSSR count). The second-order valence-electron chi connectivity index (χ2n) is 7.24. The van der Waals surface area contributed by atoms with E-state index >= 15 is 0 Å². The minimum atomic E-state index is -0.455. The second-order valence-corrected chi connectivity index (χ2v) is 9.36. The van der Waals surface area contributed by atoms with E-state index in [-0.39, 0.29) is 18.0 Å². The molecular weight excluding hydrogens is 448 g/mol. The maximum absolute atomic E-state index is 13.5. The van der Waals surface area contributed by atoms with E-state index in [1.165, 1.54) is 8.97 Å². The van der Waals surface area contributed by atoms with Crippen LogP contribution in [-0.2, 0) is 17.2 Å². The Bertz CT molecular complexity index is 1430. The van der Waals surface area contributed by atoms with Gasteiger partial charge < -0.3 is 5.11 Å². The molecule has 7 nitrogen and oxygen atoms in total. The number of halogens is 1. The van der Waals surface area contributed by atoms with E-state index in [0.717, 1.165) is 5.56 Å². The van der Waals surface area contributed by atoms with Crippen LogP contribution in [-0.4, -0.2) is 27.8 Å². The molecule has 0 saturated carbocycles. The molecule has 162 valence electrons. The summed E-state index contributed by atoms with van der Waals surface area (Å²) in [5.74, 6) is -0.836. The molecule has 0 aliphatic heterocycles. The molecule has 3 aromatic heterocycles. The van der Waals surface area contributed by atoms with Gasteiger partial charge in [-0.25, -0.2) is 14.3 Å². The number of pyridine rings is 2. The number of nitrogens with zero attached hydrogens (tertiary/aromatic N) is 4. The molecule has 0 aliphatic carbocycles. The van der Waals surface area contributed by atoms with E-state index in [1.54, 1.807) is 67.0 Å². The van der Waals surface area contributed by atoms with Crippen LogP contribution in [0.3, 0.4) is 0 Å². The highest BCUT2D eigenvalue weighted by atomic mass is 35.5. The van der Waals surface area contributed by atoms with E-state index in [1.807, 2.05) is 12.5 Å². The van der Waals surface area contributed by atoms with Gasteiger partial charge in [0.25, 0.3) is 11.6 Å². The second kappa shape index (κ2) is 9.02. The van der Waals surface area contributed by atoms with Crippen LogP contribution in [0.5, 0.6) is 5.88 Å². The Balaban J connectivity index is 1.93. The summed E-state index contributed by atoms with van der Waals surface area (Å²) < 4.78 is 7.00. The molecule has 0 atom stereocenters. The van der Waals surface area contributed by atoms with E-state index in [4.69, 9.17) is 11.6 Å². The fourth-order valence-corrected chi connectivity index (χ4v) is 3.93. The van der Waals surface area contributed by atoms with Crippen LogP contribution in [0, 0.1) is 0 Å². The van der Waals surface area contributed by atoms with E-state index in [2.05, 4.69) is 9.35 Å². The standard InChI is InChI=1S/C23H19ClN4O3S/c1-32(2)26-21(29)17-7-5-6-16(12-17)20-22(30)27-11-4-3-8-19(27)28(23(20)31)14-15-9-10-18(24)25-13-15/h3-13H,14H2,1-2H3.